The zero-order valence-corrected chi connectivity index (χ0v) is 14.8. The molecule has 0 saturated carbocycles. The summed E-state index contributed by atoms with van der Waals surface area (Å²) in [7, 11) is 0. The molecule has 0 atom stereocenters. The van der Waals surface area contributed by atoms with Crippen LogP contribution >= 0.6 is 0 Å². The highest BCUT2D eigenvalue weighted by Gasteiger charge is 2.11. The maximum Gasteiger partial charge on any atom is 0.266 e. The van der Waals surface area contributed by atoms with Crippen LogP contribution in [0.15, 0.2) is 36.0 Å². The van der Waals surface area contributed by atoms with Crippen LogP contribution in [0.3, 0.4) is 0 Å². The lowest BCUT2D eigenvalue weighted by atomic mass is 10.1. The Balaban J connectivity index is 2.24. The highest BCUT2D eigenvalue weighted by atomic mass is 16.1. The van der Waals surface area contributed by atoms with E-state index in [0.717, 1.165) is 22.4 Å². The van der Waals surface area contributed by atoms with Crippen molar-refractivity contribution in [1.29, 1.82) is 5.26 Å². The molecule has 0 radical (unpaired) electrons. The number of carbonyl (C=O) groups is 1. The van der Waals surface area contributed by atoms with Gasteiger partial charge in [-0.2, -0.15) is 5.26 Å². The van der Waals surface area contributed by atoms with Crippen LogP contribution in [0.1, 0.15) is 42.3 Å². The number of hydrogen-bond acceptors (Lipinski definition) is 2. The van der Waals surface area contributed by atoms with Gasteiger partial charge in [0.1, 0.15) is 11.6 Å². The number of amides is 1. The number of rotatable bonds is 4. The minimum Gasteiger partial charge on any atom is -0.349 e. The molecule has 0 fully saturated rings. The van der Waals surface area contributed by atoms with Gasteiger partial charge in [-0.25, -0.2) is 0 Å². The fourth-order valence-electron chi connectivity index (χ4n) is 2.58. The van der Waals surface area contributed by atoms with E-state index in [-0.39, 0.29) is 5.57 Å². The molecule has 4 heteroatoms. The normalized spacial score (nSPS) is 11.5. The molecular formula is C20H23N3O. The van der Waals surface area contributed by atoms with Crippen LogP contribution in [-0.2, 0) is 4.79 Å². The number of aromatic nitrogens is 1. The van der Waals surface area contributed by atoms with E-state index in [1.165, 1.54) is 0 Å². The van der Waals surface area contributed by atoms with Crippen LogP contribution in [0.25, 0.3) is 6.08 Å². The van der Waals surface area contributed by atoms with E-state index >= 15 is 0 Å². The third-order valence-corrected chi connectivity index (χ3v) is 4.07. The van der Waals surface area contributed by atoms with Gasteiger partial charge < -0.3 is 9.88 Å². The molecule has 0 spiro atoms. The lowest BCUT2D eigenvalue weighted by Crippen LogP contribution is -2.13. The van der Waals surface area contributed by atoms with Crippen molar-refractivity contribution in [3.63, 3.8) is 0 Å². The molecule has 1 amide bonds. The maximum absolute atomic E-state index is 12.4. The van der Waals surface area contributed by atoms with Crippen LogP contribution in [0.2, 0.25) is 0 Å². The van der Waals surface area contributed by atoms with Crippen LogP contribution in [-0.4, -0.2) is 10.5 Å². The molecule has 0 unspecified atom stereocenters. The third-order valence-electron chi connectivity index (χ3n) is 4.07. The third kappa shape index (κ3) is 3.94. The van der Waals surface area contributed by atoms with Gasteiger partial charge in [-0.1, -0.05) is 6.07 Å². The summed E-state index contributed by atoms with van der Waals surface area (Å²) in [4.78, 5) is 12.4. The summed E-state index contributed by atoms with van der Waals surface area (Å²) in [5, 5.41) is 12.1. The molecule has 1 heterocycles. The van der Waals surface area contributed by atoms with E-state index in [0.29, 0.717) is 11.7 Å². The minimum atomic E-state index is -0.393. The molecule has 0 saturated heterocycles. The molecule has 24 heavy (non-hydrogen) atoms. The quantitative estimate of drug-likeness (QED) is 0.664. The molecule has 2 aromatic rings. The van der Waals surface area contributed by atoms with Crippen molar-refractivity contribution in [2.24, 2.45) is 0 Å². The van der Waals surface area contributed by atoms with E-state index in [2.05, 4.69) is 23.7 Å². The Hall–Kier alpha value is -2.80. The zero-order valence-electron chi connectivity index (χ0n) is 14.8. The molecular weight excluding hydrogens is 298 g/mol. The van der Waals surface area contributed by atoms with Crippen molar-refractivity contribution < 1.29 is 4.79 Å². The summed E-state index contributed by atoms with van der Waals surface area (Å²) in [5.41, 5.74) is 5.00. The Morgan fingerprint density at radius 3 is 2.46 bits per heavy atom. The summed E-state index contributed by atoms with van der Waals surface area (Å²) < 4.78 is 2.11. The first-order chi connectivity index (χ1) is 11.3. The Bertz CT molecular complexity index is 835. The first-order valence-electron chi connectivity index (χ1n) is 8.00. The molecule has 124 valence electrons. The van der Waals surface area contributed by atoms with Crippen molar-refractivity contribution >= 4 is 17.7 Å². The second kappa shape index (κ2) is 7.18. The lowest BCUT2D eigenvalue weighted by Gasteiger charge is -2.09. The van der Waals surface area contributed by atoms with Crippen LogP contribution in [0.4, 0.5) is 5.69 Å². The molecule has 2 rings (SSSR count). The topological polar surface area (TPSA) is 57.8 Å². The van der Waals surface area contributed by atoms with E-state index < -0.39 is 5.91 Å². The van der Waals surface area contributed by atoms with Crippen molar-refractivity contribution in [2.45, 2.75) is 40.7 Å². The van der Waals surface area contributed by atoms with E-state index in [1.54, 1.807) is 6.08 Å². The number of nitriles is 1. The summed E-state index contributed by atoms with van der Waals surface area (Å²) >= 11 is 0. The Morgan fingerprint density at radius 1 is 1.21 bits per heavy atom. The van der Waals surface area contributed by atoms with Gasteiger partial charge in [0, 0.05) is 23.6 Å². The van der Waals surface area contributed by atoms with Gasteiger partial charge in [0.25, 0.3) is 5.91 Å². The Morgan fingerprint density at radius 2 is 1.92 bits per heavy atom. The summed E-state index contributed by atoms with van der Waals surface area (Å²) in [6, 6.07) is 10.00. The number of carbonyl (C=O) groups excluding carboxylic acids is 1. The number of nitrogens with one attached hydrogen (secondary N) is 1. The van der Waals surface area contributed by atoms with Gasteiger partial charge in [-0.3, -0.25) is 4.79 Å². The van der Waals surface area contributed by atoms with Crippen molar-refractivity contribution in [1.82, 2.24) is 4.57 Å². The lowest BCUT2D eigenvalue weighted by molar-refractivity contribution is -0.112. The molecule has 1 aromatic carbocycles. The molecule has 1 N–H and O–H groups in total. The van der Waals surface area contributed by atoms with E-state index in [9.17, 15) is 10.1 Å². The highest BCUT2D eigenvalue weighted by molar-refractivity contribution is 6.09. The molecule has 0 aliphatic carbocycles. The van der Waals surface area contributed by atoms with Gasteiger partial charge in [0.05, 0.1) is 0 Å². The van der Waals surface area contributed by atoms with Gasteiger partial charge in [-0.15, -0.1) is 0 Å². The number of benzene rings is 1. The number of hydrogen-bond donors (Lipinski definition) is 1. The first-order valence-corrected chi connectivity index (χ1v) is 8.00. The van der Waals surface area contributed by atoms with Gasteiger partial charge >= 0.3 is 0 Å². The zero-order chi connectivity index (χ0) is 17.9. The summed E-state index contributed by atoms with van der Waals surface area (Å²) in [5.74, 6) is -0.393. The van der Waals surface area contributed by atoms with Crippen molar-refractivity contribution in [3.8, 4) is 6.07 Å². The second-order valence-electron chi connectivity index (χ2n) is 6.34. The van der Waals surface area contributed by atoms with Gasteiger partial charge in [0.15, 0.2) is 0 Å². The average Bonchev–Trinajstić information content (AvgIpc) is 2.89. The Kier molecular flexibility index (Phi) is 5.25. The van der Waals surface area contributed by atoms with Gasteiger partial charge in [-0.05, 0) is 75.6 Å². The van der Waals surface area contributed by atoms with Crippen molar-refractivity contribution in [2.75, 3.05) is 5.32 Å². The predicted molar refractivity (Wildman–Crippen MR) is 97.7 cm³/mol. The second-order valence-corrected chi connectivity index (χ2v) is 6.34. The fourth-order valence-corrected chi connectivity index (χ4v) is 2.58. The van der Waals surface area contributed by atoms with Crippen LogP contribution < -0.4 is 5.32 Å². The highest BCUT2D eigenvalue weighted by Crippen LogP contribution is 2.18. The van der Waals surface area contributed by atoms with Crippen LogP contribution in [0, 0.1) is 32.1 Å². The predicted octanol–water partition coefficient (Wildman–Crippen LogP) is 4.54. The van der Waals surface area contributed by atoms with E-state index in [1.807, 2.05) is 57.3 Å². The summed E-state index contributed by atoms with van der Waals surface area (Å²) in [6.45, 7) is 10.2. The summed E-state index contributed by atoms with van der Waals surface area (Å²) in [6.07, 6.45) is 3.59. The average molecular weight is 321 g/mol. The standard InChI is InChI=1S/C20H23N3O/c1-13(2)23-12-17(9-16(23)5)10-18(11-21)20(24)22-19-7-6-14(3)15(4)8-19/h6-10,12-13H,1-5H3,(H,22,24)/b18-10+. The monoisotopic (exact) mass is 321 g/mol. The molecule has 4 nitrogen and oxygen atoms in total. The maximum atomic E-state index is 12.4. The number of nitrogens with zero attached hydrogens (tertiary/aromatic N) is 2. The molecule has 1 aromatic heterocycles. The molecule has 0 bridgehead atoms. The number of aryl methyl sites for hydroxylation is 3. The molecule has 0 aliphatic heterocycles. The SMILES string of the molecule is Cc1ccc(NC(=O)/C(C#N)=C/c2cc(C)n(C(C)C)c2)cc1C. The Labute approximate surface area is 143 Å². The first kappa shape index (κ1) is 17.6. The smallest absolute Gasteiger partial charge is 0.266 e. The van der Waals surface area contributed by atoms with Gasteiger partial charge in [0.2, 0.25) is 0 Å². The molecule has 0 aliphatic rings. The largest absolute Gasteiger partial charge is 0.349 e. The van der Waals surface area contributed by atoms with E-state index in [4.69, 9.17) is 0 Å². The van der Waals surface area contributed by atoms with Crippen LogP contribution in [0.5, 0.6) is 0 Å². The minimum absolute atomic E-state index is 0.0918. The van der Waals surface area contributed by atoms with Crippen molar-refractivity contribution in [3.05, 3.63) is 58.4 Å². The number of anilines is 1. The fraction of sp³-hybridized carbons (Fsp3) is 0.300.